The zero-order valence-corrected chi connectivity index (χ0v) is 13.2. The topological polar surface area (TPSA) is 0 Å². The van der Waals surface area contributed by atoms with Crippen LogP contribution < -0.4 is 10.4 Å². The van der Waals surface area contributed by atoms with E-state index >= 15 is 0 Å². The Morgan fingerprint density at radius 1 is 0.833 bits per heavy atom. The number of hydrogen-bond donors (Lipinski definition) is 0. The summed E-state index contributed by atoms with van der Waals surface area (Å²) in [6.45, 7) is 8.69. The van der Waals surface area contributed by atoms with Crippen LogP contribution in [-0.2, 0) is 0 Å². The largest absolute Gasteiger partial charge is 0.214 e. The molecule has 0 aliphatic heterocycles. The molecule has 0 radical (unpaired) electrons. The molecule has 0 N–H and O–H groups in total. The summed E-state index contributed by atoms with van der Waals surface area (Å²) in [7, 11) is -2.08. The molecule has 0 aromatic heterocycles. The van der Waals surface area contributed by atoms with Crippen LogP contribution in [0.4, 0.5) is 0 Å². The molecule has 2 aromatic carbocycles. The molecule has 0 spiro atoms. The lowest BCUT2D eigenvalue weighted by molar-refractivity contribution is 1.31. The van der Waals surface area contributed by atoms with Crippen LogP contribution in [-0.4, -0.2) is 7.38 Å². The van der Waals surface area contributed by atoms with Crippen LogP contribution in [0, 0.1) is 20.8 Å². The van der Waals surface area contributed by atoms with Crippen LogP contribution in [0.1, 0.15) is 16.7 Å². The van der Waals surface area contributed by atoms with Gasteiger partial charge in [0.2, 0.25) is 7.38 Å². The van der Waals surface area contributed by atoms with E-state index in [4.69, 9.17) is 11.1 Å². The smallest absolute Gasteiger partial charge is 0.155 e. The van der Waals surface area contributed by atoms with Gasteiger partial charge < -0.3 is 0 Å². The minimum atomic E-state index is -2.08. The zero-order chi connectivity index (χ0) is 13.3. The van der Waals surface area contributed by atoms with Gasteiger partial charge in [-0.2, -0.15) is 11.1 Å². The zero-order valence-electron chi connectivity index (χ0n) is 11.4. The number of rotatable bonds is 2. The molecule has 0 heterocycles. The summed E-state index contributed by atoms with van der Waals surface area (Å²) in [5.74, 6) is 0. The van der Waals surface area contributed by atoms with E-state index in [0.29, 0.717) is 0 Å². The van der Waals surface area contributed by atoms with E-state index in [1.54, 1.807) is 0 Å². The van der Waals surface area contributed by atoms with Crippen LogP contribution in [0.3, 0.4) is 0 Å². The van der Waals surface area contributed by atoms with Crippen molar-refractivity contribution >= 4 is 28.8 Å². The molecule has 2 rings (SSSR count). The fraction of sp³-hybridized carbons (Fsp3) is 0.250. The number of hydrogen-bond acceptors (Lipinski definition) is 0. The van der Waals surface area contributed by atoms with E-state index in [-0.39, 0.29) is 0 Å². The molecule has 0 fully saturated rings. The molecule has 0 saturated heterocycles. The maximum atomic E-state index is 6.96. The first-order valence-electron chi connectivity index (χ1n) is 6.25. The van der Waals surface area contributed by atoms with Crippen LogP contribution in [0.15, 0.2) is 42.5 Å². The Labute approximate surface area is 115 Å². The van der Waals surface area contributed by atoms with Crippen molar-refractivity contribution in [2.75, 3.05) is 0 Å². The monoisotopic (exact) mass is 274 g/mol. The van der Waals surface area contributed by atoms with Gasteiger partial charge in [-0.05, 0) is 54.4 Å². The number of aryl methyl sites for hydroxylation is 3. The lowest BCUT2D eigenvalue weighted by Gasteiger charge is -2.24. The van der Waals surface area contributed by atoms with Gasteiger partial charge in [0.1, 0.15) is 0 Å². The van der Waals surface area contributed by atoms with Gasteiger partial charge in [0.05, 0.1) is 0 Å². The second-order valence-electron chi connectivity index (χ2n) is 5.12. The molecule has 0 aliphatic carbocycles. The Bertz CT molecular complexity index is 559. The third-order valence-electron chi connectivity index (χ3n) is 3.66. The fourth-order valence-electron chi connectivity index (χ4n) is 2.37. The highest BCUT2D eigenvalue weighted by Gasteiger charge is 2.31. The Morgan fingerprint density at radius 2 is 1.39 bits per heavy atom. The quantitative estimate of drug-likeness (QED) is 0.580. The van der Waals surface area contributed by atoms with Crippen LogP contribution in [0.25, 0.3) is 0 Å². The van der Waals surface area contributed by atoms with E-state index in [0.717, 1.165) is 0 Å². The average Bonchev–Trinajstić information content (AvgIpc) is 2.34. The number of benzene rings is 2. The Hall–Kier alpha value is -1.05. The van der Waals surface area contributed by atoms with Crippen molar-refractivity contribution in [3.8, 4) is 0 Å². The molecule has 0 bridgehead atoms. The van der Waals surface area contributed by atoms with E-state index in [2.05, 4.69) is 63.7 Å². The van der Waals surface area contributed by atoms with Gasteiger partial charge in [-0.25, -0.2) is 0 Å². The van der Waals surface area contributed by atoms with Gasteiger partial charge in [0.15, 0.2) is 0 Å². The van der Waals surface area contributed by atoms with Crippen molar-refractivity contribution in [1.82, 2.24) is 0 Å². The highest BCUT2D eigenvalue weighted by atomic mass is 35.6. The molecule has 2 heteroatoms. The highest BCUT2D eigenvalue weighted by Crippen LogP contribution is 2.16. The third-order valence-corrected chi connectivity index (χ3v) is 7.90. The van der Waals surface area contributed by atoms with Gasteiger partial charge in [-0.15, -0.1) is 0 Å². The second kappa shape index (κ2) is 4.91. The summed E-state index contributed by atoms with van der Waals surface area (Å²) in [4.78, 5) is 0. The molecule has 18 heavy (non-hydrogen) atoms. The first-order valence-corrected chi connectivity index (χ1v) is 9.77. The third kappa shape index (κ3) is 2.38. The fourth-order valence-corrected chi connectivity index (χ4v) is 5.79. The van der Waals surface area contributed by atoms with Crippen molar-refractivity contribution in [1.29, 1.82) is 0 Å². The molecule has 0 aliphatic rings. The normalized spacial score (nSPS) is 14.3. The predicted octanol–water partition coefficient (Wildman–Crippen LogP) is 3.54. The molecule has 0 saturated carbocycles. The average molecular weight is 275 g/mol. The van der Waals surface area contributed by atoms with Crippen molar-refractivity contribution in [2.45, 2.75) is 27.3 Å². The van der Waals surface area contributed by atoms with E-state index in [1.807, 2.05) is 6.07 Å². The number of halogens is 1. The standard InChI is InChI=1S/C16H19ClSi/c1-12-10-14(3)16(11-13(12)2)18(4,17)15-8-6-5-7-9-15/h5-11H,1-4H3. The summed E-state index contributed by atoms with van der Waals surface area (Å²) in [5, 5.41) is 2.61. The maximum absolute atomic E-state index is 6.96. The summed E-state index contributed by atoms with van der Waals surface area (Å²) in [6.07, 6.45) is 0. The summed E-state index contributed by atoms with van der Waals surface area (Å²) < 4.78 is 0. The van der Waals surface area contributed by atoms with Gasteiger partial charge in [-0.3, -0.25) is 0 Å². The summed E-state index contributed by atoms with van der Waals surface area (Å²) in [6, 6.07) is 15.0. The molecule has 2 aromatic rings. The molecular weight excluding hydrogens is 256 g/mol. The minimum Gasteiger partial charge on any atom is -0.155 e. The van der Waals surface area contributed by atoms with Gasteiger partial charge in [0, 0.05) is 0 Å². The Balaban J connectivity index is 2.58. The molecular formula is C16H19ClSi. The summed E-state index contributed by atoms with van der Waals surface area (Å²) in [5.41, 5.74) is 3.97. The molecule has 1 atom stereocenters. The van der Waals surface area contributed by atoms with Gasteiger partial charge in [0.25, 0.3) is 0 Å². The van der Waals surface area contributed by atoms with Crippen molar-refractivity contribution in [2.24, 2.45) is 0 Å². The van der Waals surface area contributed by atoms with Crippen molar-refractivity contribution in [3.63, 3.8) is 0 Å². The Kier molecular flexibility index (Phi) is 3.65. The lowest BCUT2D eigenvalue weighted by Crippen LogP contribution is -2.51. The second-order valence-corrected chi connectivity index (χ2v) is 10.5. The highest BCUT2D eigenvalue weighted by molar-refractivity contribution is 7.33. The summed E-state index contributed by atoms with van der Waals surface area (Å²) >= 11 is 6.96. The molecule has 0 nitrogen and oxygen atoms in total. The van der Waals surface area contributed by atoms with Crippen LogP contribution in [0.2, 0.25) is 6.55 Å². The minimum absolute atomic E-state index is 1.28. The van der Waals surface area contributed by atoms with Crippen LogP contribution >= 0.6 is 11.1 Å². The van der Waals surface area contributed by atoms with Gasteiger partial charge >= 0.3 is 0 Å². The van der Waals surface area contributed by atoms with E-state index < -0.39 is 7.38 Å². The predicted molar refractivity (Wildman–Crippen MR) is 83.8 cm³/mol. The van der Waals surface area contributed by atoms with Crippen molar-refractivity contribution in [3.05, 3.63) is 59.2 Å². The maximum Gasteiger partial charge on any atom is 0.214 e. The Morgan fingerprint density at radius 3 is 2.00 bits per heavy atom. The first-order chi connectivity index (χ1) is 8.43. The van der Waals surface area contributed by atoms with E-state index in [1.165, 1.54) is 27.1 Å². The van der Waals surface area contributed by atoms with Crippen LogP contribution in [0.5, 0.6) is 0 Å². The SMILES string of the molecule is Cc1cc(C)c([Si](C)(Cl)c2ccccc2)cc1C. The van der Waals surface area contributed by atoms with Gasteiger partial charge in [-0.1, -0.05) is 42.5 Å². The van der Waals surface area contributed by atoms with Crippen molar-refractivity contribution < 1.29 is 0 Å². The molecule has 0 amide bonds. The van der Waals surface area contributed by atoms with E-state index in [9.17, 15) is 0 Å². The first kappa shape index (κ1) is 13.4. The molecule has 94 valence electrons. The lowest BCUT2D eigenvalue weighted by atomic mass is 10.1. The molecule has 1 unspecified atom stereocenters.